The number of anilines is 1. The Hall–Kier alpha value is -2.07. The molecular formula is C14H11ClFN3. The summed E-state index contributed by atoms with van der Waals surface area (Å²) >= 11 is 5.82. The maximum Gasteiger partial charge on any atom is 0.125 e. The number of aromatic nitrogens is 2. The van der Waals surface area contributed by atoms with Crippen LogP contribution in [-0.2, 0) is 6.54 Å². The van der Waals surface area contributed by atoms with Crippen molar-refractivity contribution in [3.63, 3.8) is 0 Å². The van der Waals surface area contributed by atoms with E-state index in [2.05, 4.69) is 15.5 Å². The van der Waals surface area contributed by atoms with E-state index in [1.807, 2.05) is 18.2 Å². The molecule has 0 amide bonds. The van der Waals surface area contributed by atoms with Crippen LogP contribution in [0.15, 0.2) is 42.6 Å². The molecular weight excluding hydrogens is 265 g/mol. The van der Waals surface area contributed by atoms with Gasteiger partial charge in [-0.1, -0.05) is 11.6 Å². The number of hydrogen-bond acceptors (Lipinski definition) is 2. The average molecular weight is 276 g/mol. The van der Waals surface area contributed by atoms with Gasteiger partial charge in [0, 0.05) is 22.6 Å². The van der Waals surface area contributed by atoms with Crippen LogP contribution in [0.1, 0.15) is 5.56 Å². The van der Waals surface area contributed by atoms with Crippen LogP contribution in [0, 0.1) is 5.82 Å². The van der Waals surface area contributed by atoms with E-state index in [4.69, 9.17) is 11.6 Å². The van der Waals surface area contributed by atoms with Gasteiger partial charge in [0.1, 0.15) is 5.82 Å². The maximum atomic E-state index is 13.2. The fourth-order valence-electron chi connectivity index (χ4n) is 1.97. The topological polar surface area (TPSA) is 40.7 Å². The first-order chi connectivity index (χ1) is 9.20. The summed E-state index contributed by atoms with van der Waals surface area (Å²) in [6, 6.07) is 10.4. The number of H-pyrrole nitrogens is 1. The smallest absolute Gasteiger partial charge is 0.125 e. The van der Waals surface area contributed by atoms with Crippen molar-refractivity contribution in [1.82, 2.24) is 10.2 Å². The fraction of sp³-hybridized carbons (Fsp3) is 0.0714. The van der Waals surface area contributed by atoms with Crippen LogP contribution in [0.25, 0.3) is 10.9 Å². The van der Waals surface area contributed by atoms with Gasteiger partial charge < -0.3 is 5.32 Å². The Labute approximate surface area is 114 Å². The van der Waals surface area contributed by atoms with Crippen molar-refractivity contribution < 1.29 is 4.39 Å². The number of fused-ring (bicyclic) bond motifs is 1. The lowest BCUT2D eigenvalue weighted by Crippen LogP contribution is -1.99. The van der Waals surface area contributed by atoms with E-state index < -0.39 is 0 Å². The number of nitrogens with one attached hydrogen (secondary N) is 2. The number of aromatic amines is 1. The van der Waals surface area contributed by atoms with Crippen LogP contribution < -0.4 is 5.32 Å². The predicted molar refractivity (Wildman–Crippen MR) is 74.8 cm³/mol. The Bertz CT molecular complexity index is 703. The highest BCUT2D eigenvalue weighted by Crippen LogP contribution is 2.19. The lowest BCUT2D eigenvalue weighted by molar-refractivity contribution is 0.626. The minimum atomic E-state index is -0.324. The molecule has 0 saturated carbocycles. The SMILES string of the molecule is Fc1cc(Cl)cc(CNc2ccc3[nH]ncc3c2)c1. The molecule has 3 nitrogen and oxygen atoms in total. The van der Waals surface area contributed by atoms with Crippen molar-refractivity contribution >= 4 is 28.2 Å². The van der Waals surface area contributed by atoms with E-state index >= 15 is 0 Å². The number of nitrogens with zero attached hydrogens (tertiary/aromatic N) is 1. The molecule has 0 atom stereocenters. The van der Waals surface area contributed by atoms with Gasteiger partial charge in [0.25, 0.3) is 0 Å². The summed E-state index contributed by atoms with van der Waals surface area (Å²) in [4.78, 5) is 0. The van der Waals surface area contributed by atoms with Gasteiger partial charge in [0.15, 0.2) is 0 Å². The molecule has 3 rings (SSSR count). The van der Waals surface area contributed by atoms with Crippen molar-refractivity contribution in [1.29, 1.82) is 0 Å². The first-order valence-electron chi connectivity index (χ1n) is 5.83. The molecule has 2 N–H and O–H groups in total. The van der Waals surface area contributed by atoms with Crippen LogP contribution in [0.4, 0.5) is 10.1 Å². The molecule has 0 bridgehead atoms. The molecule has 0 radical (unpaired) electrons. The van der Waals surface area contributed by atoms with Gasteiger partial charge in [-0.3, -0.25) is 5.10 Å². The van der Waals surface area contributed by atoms with Crippen molar-refractivity contribution in [2.45, 2.75) is 6.54 Å². The van der Waals surface area contributed by atoms with Gasteiger partial charge >= 0.3 is 0 Å². The molecule has 19 heavy (non-hydrogen) atoms. The van der Waals surface area contributed by atoms with Crippen molar-refractivity contribution in [3.05, 3.63) is 59.0 Å². The van der Waals surface area contributed by atoms with E-state index in [9.17, 15) is 4.39 Å². The summed E-state index contributed by atoms with van der Waals surface area (Å²) in [5, 5.41) is 11.5. The second-order valence-corrected chi connectivity index (χ2v) is 4.74. The molecule has 1 aromatic heterocycles. The van der Waals surface area contributed by atoms with Crippen LogP contribution >= 0.6 is 11.6 Å². The van der Waals surface area contributed by atoms with Crippen LogP contribution in [0.2, 0.25) is 5.02 Å². The predicted octanol–water partition coefficient (Wildman–Crippen LogP) is 3.97. The normalized spacial score (nSPS) is 10.8. The van der Waals surface area contributed by atoms with Crippen molar-refractivity contribution in [3.8, 4) is 0 Å². The van der Waals surface area contributed by atoms with Gasteiger partial charge in [-0.2, -0.15) is 5.10 Å². The molecule has 1 heterocycles. The highest BCUT2D eigenvalue weighted by Gasteiger charge is 2.01. The molecule has 0 saturated heterocycles. The molecule has 0 aliphatic rings. The number of rotatable bonds is 3. The third kappa shape index (κ3) is 2.69. The average Bonchev–Trinajstić information content (AvgIpc) is 2.82. The van der Waals surface area contributed by atoms with E-state index in [0.717, 1.165) is 22.2 Å². The Morgan fingerprint density at radius 2 is 2.11 bits per heavy atom. The lowest BCUT2D eigenvalue weighted by Gasteiger charge is -2.07. The maximum absolute atomic E-state index is 13.2. The minimum Gasteiger partial charge on any atom is -0.381 e. The standard InChI is InChI=1S/C14H11ClFN3/c15-11-3-9(4-12(16)6-11)7-17-13-1-2-14-10(5-13)8-18-19-14/h1-6,8,17H,7H2,(H,18,19). The van der Waals surface area contributed by atoms with Crippen molar-refractivity contribution in [2.75, 3.05) is 5.32 Å². The summed E-state index contributed by atoms with van der Waals surface area (Å²) < 4.78 is 13.2. The molecule has 0 fully saturated rings. The Balaban J connectivity index is 1.77. The Morgan fingerprint density at radius 1 is 1.21 bits per heavy atom. The molecule has 3 aromatic rings. The first-order valence-corrected chi connectivity index (χ1v) is 6.20. The Kier molecular flexibility index (Phi) is 3.09. The minimum absolute atomic E-state index is 0.324. The largest absolute Gasteiger partial charge is 0.381 e. The van der Waals surface area contributed by atoms with E-state index in [-0.39, 0.29) is 5.82 Å². The summed E-state index contributed by atoms with van der Waals surface area (Å²) in [5.74, 6) is -0.324. The van der Waals surface area contributed by atoms with Gasteiger partial charge in [-0.25, -0.2) is 4.39 Å². The van der Waals surface area contributed by atoms with E-state index in [1.165, 1.54) is 12.1 Å². The van der Waals surface area contributed by atoms with Crippen LogP contribution in [-0.4, -0.2) is 10.2 Å². The molecule has 0 unspecified atom stereocenters. The lowest BCUT2D eigenvalue weighted by atomic mass is 10.2. The third-order valence-corrected chi connectivity index (χ3v) is 3.08. The zero-order valence-electron chi connectivity index (χ0n) is 9.95. The van der Waals surface area contributed by atoms with Crippen LogP contribution in [0.3, 0.4) is 0 Å². The highest BCUT2D eigenvalue weighted by molar-refractivity contribution is 6.30. The highest BCUT2D eigenvalue weighted by atomic mass is 35.5. The summed E-state index contributed by atoms with van der Waals surface area (Å²) in [6.07, 6.45) is 1.76. The summed E-state index contributed by atoms with van der Waals surface area (Å²) in [7, 11) is 0. The quantitative estimate of drug-likeness (QED) is 0.759. The molecule has 96 valence electrons. The molecule has 2 aromatic carbocycles. The molecule has 0 aliphatic heterocycles. The third-order valence-electron chi connectivity index (χ3n) is 2.86. The second kappa shape index (κ2) is 4.90. The van der Waals surface area contributed by atoms with Gasteiger partial charge in [0.2, 0.25) is 0 Å². The van der Waals surface area contributed by atoms with Crippen LogP contribution in [0.5, 0.6) is 0 Å². The van der Waals surface area contributed by atoms with Gasteiger partial charge in [0.05, 0.1) is 11.7 Å². The van der Waals surface area contributed by atoms with Crippen molar-refractivity contribution in [2.24, 2.45) is 0 Å². The summed E-state index contributed by atoms with van der Waals surface area (Å²) in [5.41, 5.74) is 2.74. The van der Waals surface area contributed by atoms with Gasteiger partial charge in [-0.05, 0) is 42.0 Å². The van der Waals surface area contributed by atoms with E-state index in [0.29, 0.717) is 11.6 Å². The van der Waals surface area contributed by atoms with Gasteiger partial charge in [-0.15, -0.1) is 0 Å². The monoisotopic (exact) mass is 275 g/mol. The fourth-order valence-corrected chi connectivity index (χ4v) is 2.21. The molecule has 0 spiro atoms. The van der Waals surface area contributed by atoms with E-state index in [1.54, 1.807) is 12.3 Å². The Morgan fingerprint density at radius 3 is 2.95 bits per heavy atom. The molecule has 0 aliphatic carbocycles. The second-order valence-electron chi connectivity index (χ2n) is 4.30. The molecule has 5 heteroatoms. The summed E-state index contributed by atoms with van der Waals surface area (Å²) in [6.45, 7) is 0.515. The zero-order valence-corrected chi connectivity index (χ0v) is 10.7. The number of halogens is 2. The number of hydrogen-bond donors (Lipinski definition) is 2. The first kappa shape index (κ1) is 12.0. The number of benzene rings is 2. The zero-order chi connectivity index (χ0) is 13.2.